The Morgan fingerprint density at radius 3 is 2.63 bits per heavy atom. The minimum atomic E-state index is 0. The van der Waals surface area contributed by atoms with Crippen LogP contribution in [-0.2, 0) is 0 Å². The smallest absolute Gasteiger partial charge is 0.254 e. The average Bonchev–Trinajstić information content (AvgIpc) is 2.40. The minimum absolute atomic E-state index is 0. The number of carbonyl (C=O) groups excluding carboxylic acids is 1. The molecule has 0 bridgehead atoms. The van der Waals surface area contributed by atoms with Gasteiger partial charge in [-0.3, -0.25) is 4.79 Å². The molecular weight excluding hydrogens is 260 g/mol. The zero-order valence-electron chi connectivity index (χ0n) is 11.5. The van der Waals surface area contributed by atoms with Gasteiger partial charge < -0.3 is 10.6 Å². The molecule has 2 rings (SSSR count). The number of aryl methyl sites for hydroxylation is 1. The van der Waals surface area contributed by atoms with E-state index in [2.05, 4.69) is 0 Å². The Hall–Kier alpha value is -1.06. The molecule has 4 heteroatoms. The van der Waals surface area contributed by atoms with Crippen molar-refractivity contribution in [2.24, 2.45) is 5.73 Å². The van der Waals surface area contributed by atoms with Crippen molar-refractivity contribution in [1.29, 1.82) is 0 Å². The topological polar surface area (TPSA) is 46.3 Å². The van der Waals surface area contributed by atoms with E-state index in [0.29, 0.717) is 12.6 Å². The summed E-state index contributed by atoms with van der Waals surface area (Å²) in [6.07, 6.45) is 4.33. The van der Waals surface area contributed by atoms with Crippen LogP contribution in [0.1, 0.15) is 41.6 Å². The van der Waals surface area contributed by atoms with E-state index in [9.17, 15) is 4.79 Å². The van der Waals surface area contributed by atoms with Crippen molar-refractivity contribution in [3.05, 3.63) is 35.4 Å². The molecule has 1 fully saturated rings. The summed E-state index contributed by atoms with van der Waals surface area (Å²) in [4.78, 5) is 14.5. The van der Waals surface area contributed by atoms with Gasteiger partial charge in [-0.25, -0.2) is 0 Å². The monoisotopic (exact) mass is 282 g/mol. The molecular formula is C15H23ClN2O. The standard InChI is InChI=1S/C15H22N2O.ClH/c1-12-5-7-13(8-6-12)15(18)17-11-3-2-4-14(17)9-10-16;/h5-8,14H,2-4,9-11,16H2,1H3;1H. The Kier molecular flexibility index (Phi) is 6.32. The van der Waals surface area contributed by atoms with Crippen LogP contribution >= 0.6 is 12.4 Å². The second-order valence-electron chi connectivity index (χ2n) is 5.09. The number of carbonyl (C=O) groups is 1. The highest BCUT2D eigenvalue weighted by atomic mass is 35.5. The maximum Gasteiger partial charge on any atom is 0.254 e. The largest absolute Gasteiger partial charge is 0.336 e. The molecule has 0 aliphatic carbocycles. The Labute approximate surface area is 121 Å². The normalized spacial score (nSPS) is 18.8. The van der Waals surface area contributed by atoms with Crippen molar-refractivity contribution in [2.45, 2.75) is 38.6 Å². The maximum absolute atomic E-state index is 12.5. The van der Waals surface area contributed by atoms with Crippen LogP contribution in [0.5, 0.6) is 0 Å². The Morgan fingerprint density at radius 2 is 2.00 bits per heavy atom. The third kappa shape index (κ3) is 3.95. The first-order valence-corrected chi connectivity index (χ1v) is 6.80. The van der Waals surface area contributed by atoms with Gasteiger partial charge in [-0.1, -0.05) is 17.7 Å². The highest BCUT2D eigenvalue weighted by molar-refractivity contribution is 5.94. The van der Waals surface area contributed by atoms with Gasteiger partial charge in [-0.15, -0.1) is 12.4 Å². The molecule has 19 heavy (non-hydrogen) atoms. The first-order valence-electron chi connectivity index (χ1n) is 6.80. The summed E-state index contributed by atoms with van der Waals surface area (Å²) < 4.78 is 0. The molecule has 1 atom stereocenters. The van der Waals surface area contributed by atoms with Crippen molar-refractivity contribution in [3.63, 3.8) is 0 Å². The quantitative estimate of drug-likeness (QED) is 0.927. The number of piperidine rings is 1. The Morgan fingerprint density at radius 1 is 1.32 bits per heavy atom. The molecule has 1 amide bonds. The fourth-order valence-electron chi connectivity index (χ4n) is 2.62. The highest BCUT2D eigenvalue weighted by Crippen LogP contribution is 2.21. The van der Waals surface area contributed by atoms with Gasteiger partial charge in [-0.05, 0) is 51.3 Å². The fourth-order valence-corrected chi connectivity index (χ4v) is 2.62. The number of amides is 1. The average molecular weight is 283 g/mol. The first kappa shape index (κ1) is 16.0. The molecule has 3 nitrogen and oxygen atoms in total. The van der Waals surface area contributed by atoms with Crippen molar-refractivity contribution >= 4 is 18.3 Å². The van der Waals surface area contributed by atoms with Gasteiger partial charge in [0.2, 0.25) is 0 Å². The second-order valence-corrected chi connectivity index (χ2v) is 5.09. The molecule has 0 saturated carbocycles. The molecule has 0 spiro atoms. The summed E-state index contributed by atoms with van der Waals surface area (Å²) in [5, 5.41) is 0. The van der Waals surface area contributed by atoms with Crippen LogP contribution in [0.2, 0.25) is 0 Å². The van der Waals surface area contributed by atoms with E-state index in [0.717, 1.165) is 31.4 Å². The van der Waals surface area contributed by atoms with Crippen LogP contribution in [0.4, 0.5) is 0 Å². The van der Waals surface area contributed by atoms with Gasteiger partial charge in [-0.2, -0.15) is 0 Å². The third-order valence-electron chi connectivity index (χ3n) is 3.69. The van der Waals surface area contributed by atoms with Crippen LogP contribution in [0.15, 0.2) is 24.3 Å². The predicted octanol–water partition coefficient (Wildman–Crippen LogP) is 2.76. The third-order valence-corrected chi connectivity index (χ3v) is 3.69. The molecule has 0 aromatic heterocycles. The van der Waals surface area contributed by atoms with Crippen molar-refractivity contribution in [3.8, 4) is 0 Å². The predicted molar refractivity (Wildman–Crippen MR) is 80.8 cm³/mol. The van der Waals surface area contributed by atoms with Gasteiger partial charge in [0.1, 0.15) is 0 Å². The van der Waals surface area contributed by atoms with Crippen LogP contribution < -0.4 is 5.73 Å². The molecule has 1 saturated heterocycles. The van der Waals surface area contributed by atoms with Crippen LogP contribution in [0.25, 0.3) is 0 Å². The molecule has 1 aromatic carbocycles. The van der Waals surface area contributed by atoms with Gasteiger partial charge in [0.05, 0.1) is 0 Å². The molecule has 1 unspecified atom stereocenters. The number of rotatable bonds is 3. The summed E-state index contributed by atoms with van der Waals surface area (Å²) in [5.41, 5.74) is 7.62. The summed E-state index contributed by atoms with van der Waals surface area (Å²) in [7, 11) is 0. The van der Waals surface area contributed by atoms with Gasteiger partial charge in [0.15, 0.2) is 0 Å². The van der Waals surface area contributed by atoms with E-state index in [1.54, 1.807) is 0 Å². The molecule has 106 valence electrons. The van der Waals surface area contributed by atoms with Crippen LogP contribution in [0, 0.1) is 6.92 Å². The van der Waals surface area contributed by atoms with E-state index in [1.165, 1.54) is 12.0 Å². The lowest BCUT2D eigenvalue weighted by atomic mass is 9.98. The molecule has 1 aromatic rings. The zero-order chi connectivity index (χ0) is 13.0. The van der Waals surface area contributed by atoms with E-state index in [-0.39, 0.29) is 18.3 Å². The second kappa shape index (κ2) is 7.51. The highest BCUT2D eigenvalue weighted by Gasteiger charge is 2.26. The number of hydrogen-bond acceptors (Lipinski definition) is 2. The van der Waals surface area contributed by atoms with Gasteiger partial charge in [0, 0.05) is 18.2 Å². The van der Waals surface area contributed by atoms with E-state index >= 15 is 0 Å². The number of likely N-dealkylation sites (tertiary alicyclic amines) is 1. The minimum Gasteiger partial charge on any atom is -0.336 e. The lowest BCUT2D eigenvalue weighted by molar-refractivity contribution is 0.0605. The van der Waals surface area contributed by atoms with Crippen LogP contribution in [0.3, 0.4) is 0 Å². The number of nitrogens with two attached hydrogens (primary N) is 1. The molecule has 0 radical (unpaired) electrons. The SMILES string of the molecule is Cc1ccc(C(=O)N2CCCCC2CCN)cc1.Cl. The molecule has 2 N–H and O–H groups in total. The van der Waals surface area contributed by atoms with Crippen LogP contribution in [-0.4, -0.2) is 29.9 Å². The Bertz CT molecular complexity index is 403. The van der Waals surface area contributed by atoms with Gasteiger partial charge in [0.25, 0.3) is 5.91 Å². The lowest BCUT2D eigenvalue weighted by Gasteiger charge is -2.35. The number of benzene rings is 1. The molecule has 1 aliphatic heterocycles. The summed E-state index contributed by atoms with van der Waals surface area (Å²) >= 11 is 0. The molecule has 1 heterocycles. The summed E-state index contributed by atoms with van der Waals surface area (Å²) in [6.45, 7) is 3.56. The van der Waals surface area contributed by atoms with Crippen molar-refractivity contribution in [2.75, 3.05) is 13.1 Å². The number of halogens is 1. The lowest BCUT2D eigenvalue weighted by Crippen LogP contribution is -2.44. The maximum atomic E-state index is 12.5. The number of hydrogen-bond donors (Lipinski definition) is 1. The molecule has 1 aliphatic rings. The summed E-state index contributed by atoms with van der Waals surface area (Å²) in [5.74, 6) is 0.160. The zero-order valence-corrected chi connectivity index (χ0v) is 12.3. The summed E-state index contributed by atoms with van der Waals surface area (Å²) in [6, 6.07) is 8.17. The van der Waals surface area contributed by atoms with E-state index in [4.69, 9.17) is 5.73 Å². The fraction of sp³-hybridized carbons (Fsp3) is 0.533. The van der Waals surface area contributed by atoms with Crippen molar-refractivity contribution in [1.82, 2.24) is 4.90 Å². The number of nitrogens with zero attached hydrogens (tertiary/aromatic N) is 1. The van der Waals surface area contributed by atoms with E-state index < -0.39 is 0 Å². The first-order chi connectivity index (χ1) is 8.72. The Balaban J connectivity index is 0.00000180. The van der Waals surface area contributed by atoms with Crippen molar-refractivity contribution < 1.29 is 4.79 Å². The van der Waals surface area contributed by atoms with E-state index in [1.807, 2.05) is 36.1 Å². The van der Waals surface area contributed by atoms with Gasteiger partial charge >= 0.3 is 0 Å².